The van der Waals surface area contributed by atoms with E-state index in [2.05, 4.69) is 20.6 Å². The van der Waals surface area contributed by atoms with E-state index in [1.807, 2.05) is 12.1 Å². The minimum atomic E-state index is -4.43. The van der Waals surface area contributed by atoms with Gasteiger partial charge in [0.1, 0.15) is 5.69 Å². The Balaban J connectivity index is 1.51. The molecule has 0 radical (unpaired) electrons. The van der Waals surface area contributed by atoms with E-state index >= 15 is 0 Å². The second kappa shape index (κ2) is 6.63. The lowest BCUT2D eigenvalue weighted by Gasteiger charge is -2.21. The van der Waals surface area contributed by atoms with Gasteiger partial charge in [-0.05, 0) is 62.1 Å². The van der Waals surface area contributed by atoms with Gasteiger partial charge in [-0.15, -0.1) is 0 Å². The van der Waals surface area contributed by atoms with E-state index in [1.165, 1.54) is 25.1 Å². The van der Waals surface area contributed by atoms with Crippen LogP contribution < -0.4 is 10.6 Å². The molecule has 0 spiro atoms. The van der Waals surface area contributed by atoms with E-state index in [0.717, 1.165) is 37.6 Å². The van der Waals surface area contributed by atoms with Crippen LogP contribution in [0.1, 0.15) is 36.9 Å². The lowest BCUT2D eigenvalue weighted by atomic mass is 10.0. The number of pyridine rings is 2. The topological polar surface area (TPSA) is 49.8 Å². The molecule has 3 heterocycles. The Kier molecular flexibility index (Phi) is 4.44. The minimum absolute atomic E-state index is 0.0265. The summed E-state index contributed by atoms with van der Waals surface area (Å²) in [5, 5.41) is 7.17. The van der Waals surface area contributed by atoms with Crippen LogP contribution in [0.25, 0.3) is 11.3 Å². The van der Waals surface area contributed by atoms with Crippen LogP contribution in [0.5, 0.6) is 0 Å². The zero-order valence-corrected chi connectivity index (χ0v) is 14.3. The van der Waals surface area contributed by atoms with Gasteiger partial charge < -0.3 is 10.6 Å². The summed E-state index contributed by atoms with van der Waals surface area (Å²) in [6, 6.07) is 6.90. The van der Waals surface area contributed by atoms with E-state index in [0.29, 0.717) is 17.3 Å². The number of halogens is 3. The SMILES string of the molecule is FC(F)(F)c1ccc(-c2cc(C3(NCC4CCCN4)CC3)ccn2)cn1. The third-order valence-electron chi connectivity index (χ3n) is 5.26. The smallest absolute Gasteiger partial charge is 0.313 e. The molecule has 4 nitrogen and oxygen atoms in total. The minimum Gasteiger partial charge on any atom is -0.313 e. The zero-order chi connectivity index (χ0) is 18.2. The van der Waals surface area contributed by atoms with Gasteiger partial charge in [-0.25, -0.2) is 0 Å². The van der Waals surface area contributed by atoms with Gasteiger partial charge in [-0.1, -0.05) is 0 Å². The molecule has 7 heteroatoms. The molecular weight excluding hydrogens is 341 g/mol. The average molecular weight is 362 g/mol. The number of hydrogen-bond acceptors (Lipinski definition) is 4. The number of nitrogens with one attached hydrogen (secondary N) is 2. The van der Waals surface area contributed by atoms with Gasteiger partial charge >= 0.3 is 6.18 Å². The first-order valence-electron chi connectivity index (χ1n) is 8.95. The fraction of sp³-hybridized carbons (Fsp3) is 0.474. The third kappa shape index (κ3) is 3.59. The van der Waals surface area contributed by atoms with Crippen molar-refractivity contribution in [3.05, 3.63) is 47.9 Å². The molecule has 2 aliphatic rings. The molecule has 1 aliphatic heterocycles. The van der Waals surface area contributed by atoms with Gasteiger partial charge in [0.2, 0.25) is 0 Å². The van der Waals surface area contributed by atoms with Gasteiger partial charge in [-0.3, -0.25) is 9.97 Å². The summed E-state index contributed by atoms with van der Waals surface area (Å²) < 4.78 is 38.0. The molecule has 2 aromatic rings. The van der Waals surface area contributed by atoms with Gasteiger partial charge in [0, 0.05) is 36.1 Å². The van der Waals surface area contributed by atoms with Crippen molar-refractivity contribution in [1.82, 2.24) is 20.6 Å². The predicted molar refractivity (Wildman–Crippen MR) is 92.4 cm³/mol. The number of hydrogen-bond donors (Lipinski definition) is 2. The van der Waals surface area contributed by atoms with Crippen LogP contribution in [-0.2, 0) is 11.7 Å². The molecule has 138 valence electrons. The Morgan fingerprint density at radius 1 is 1.19 bits per heavy atom. The molecule has 1 saturated carbocycles. The highest BCUT2D eigenvalue weighted by Crippen LogP contribution is 2.46. The zero-order valence-electron chi connectivity index (χ0n) is 14.3. The average Bonchev–Trinajstić information content (AvgIpc) is 3.26. The lowest BCUT2D eigenvalue weighted by Crippen LogP contribution is -2.39. The molecule has 2 N–H and O–H groups in total. The first-order valence-corrected chi connectivity index (χ1v) is 8.95. The first-order chi connectivity index (χ1) is 12.5. The number of alkyl halides is 3. The summed E-state index contributed by atoms with van der Waals surface area (Å²) in [6.45, 7) is 2.01. The van der Waals surface area contributed by atoms with E-state index in [1.54, 1.807) is 6.20 Å². The highest BCUT2D eigenvalue weighted by atomic mass is 19.4. The summed E-state index contributed by atoms with van der Waals surface area (Å²) >= 11 is 0. The van der Waals surface area contributed by atoms with Crippen molar-refractivity contribution < 1.29 is 13.2 Å². The highest BCUT2D eigenvalue weighted by molar-refractivity contribution is 5.59. The van der Waals surface area contributed by atoms with E-state index < -0.39 is 11.9 Å². The lowest BCUT2D eigenvalue weighted by molar-refractivity contribution is -0.141. The first kappa shape index (κ1) is 17.4. The molecule has 0 aromatic carbocycles. The third-order valence-corrected chi connectivity index (χ3v) is 5.26. The molecule has 1 unspecified atom stereocenters. The van der Waals surface area contributed by atoms with E-state index in [9.17, 15) is 13.2 Å². The summed E-state index contributed by atoms with van der Waals surface area (Å²) in [5.74, 6) is 0. The molecule has 1 aliphatic carbocycles. The Morgan fingerprint density at radius 2 is 2.04 bits per heavy atom. The van der Waals surface area contributed by atoms with Crippen molar-refractivity contribution in [3.8, 4) is 11.3 Å². The van der Waals surface area contributed by atoms with E-state index in [4.69, 9.17) is 0 Å². The standard InChI is InChI=1S/C19H21F3N4/c20-19(21,22)17-4-3-13(11-25-17)16-10-14(5-9-24-16)18(6-7-18)26-12-15-2-1-8-23-15/h3-5,9-11,15,23,26H,1-2,6-8,12H2. The van der Waals surface area contributed by atoms with Crippen LogP contribution in [-0.4, -0.2) is 29.1 Å². The Bertz CT molecular complexity index is 763. The summed E-state index contributed by atoms with van der Waals surface area (Å²) in [7, 11) is 0. The molecule has 26 heavy (non-hydrogen) atoms. The normalized spacial score (nSPS) is 21.7. The quantitative estimate of drug-likeness (QED) is 0.855. The van der Waals surface area contributed by atoms with Crippen LogP contribution in [0.15, 0.2) is 36.7 Å². The Morgan fingerprint density at radius 3 is 2.65 bits per heavy atom. The summed E-state index contributed by atoms with van der Waals surface area (Å²) in [5.41, 5.74) is 1.47. The van der Waals surface area contributed by atoms with Crippen LogP contribution in [0, 0.1) is 0 Å². The second-order valence-corrected chi connectivity index (χ2v) is 7.12. The maximum absolute atomic E-state index is 12.7. The van der Waals surface area contributed by atoms with Crippen molar-refractivity contribution in [2.24, 2.45) is 0 Å². The molecule has 1 saturated heterocycles. The number of aromatic nitrogens is 2. The Hall–Kier alpha value is -1.99. The van der Waals surface area contributed by atoms with Crippen LogP contribution in [0.4, 0.5) is 13.2 Å². The summed E-state index contributed by atoms with van der Waals surface area (Å²) in [6.07, 6.45) is 3.08. The van der Waals surface area contributed by atoms with Crippen molar-refractivity contribution in [3.63, 3.8) is 0 Å². The maximum Gasteiger partial charge on any atom is 0.433 e. The van der Waals surface area contributed by atoms with Crippen molar-refractivity contribution >= 4 is 0 Å². The molecule has 0 amide bonds. The van der Waals surface area contributed by atoms with Crippen LogP contribution in [0.2, 0.25) is 0 Å². The van der Waals surface area contributed by atoms with Crippen molar-refractivity contribution in [2.45, 2.75) is 43.4 Å². The molecule has 0 bridgehead atoms. The molecule has 2 fully saturated rings. The van der Waals surface area contributed by atoms with Crippen molar-refractivity contribution in [1.29, 1.82) is 0 Å². The van der Waals surface area contributed by atoms with Crippen LogP contribution in [0.3, 0.4) is 0 Å². The molecule has 4 rings (SSSR count). The Labute approximate surface area is 150 Å². The van der Waals surface area contributed by atoms with Gasteiger partial charge in [-0.2, -0.15) is 13.2 Å². The fourth-order valence-corrected chi connectivity index (χ4v) is 3.54. The molecule has 2 aromatic heterocycles. The van der Waals surface area contributed by atoms with Gasteiger partial charge in [0.25, 0.3) is 0 Å². The predicted octanol–water partition coefficient (Wildman–Crippen LogP) is 3.49. The number of rotatable bonds is 5. The maximum atomic E-state index is 12.7. The fourth-order valence-electron chi connectivity index (χ4n) is 3.54. The summed E-state index contributed by atoms with van der Waals surface area (Å²) in [4.78, 5) is 7.85. The monoisotopic (exact) mass is 362 g/mol. The molecule has 1 atom stereocenters. The van der Waals surface area contributed by atoms with Crippen molar-refractivity contribution in [2.75, 3.05) is 13.1 Å². The van der Waals surface area contributed by atoms with Gasteiger partial charge in [0.15, 0.2) is 0 Å². The number of nitrogens with zero attached hydrogens (tertiary/aromatic N) is 2. The van der Waals surface area contributed by atoms with E-state index in [-0.39, 0.29) is 5.54 Å². The molecular formula is C19H21F3N4. The second-order valence-electron chi connectivity index (χ2n) is 7.12. The largest absolute Gasteiger partial charge is 0.433 e. The highest BCUT2D eigenvalue weighted by Gasteiger charge is 2.44. The van der Waals surface area contributed by atoms with Gasteiger partial charge in [0.05, 0.1) is 5.69 Å². The van der Waals surface area contributed by atoms with Crippen LogP contribution >= 0.6 is 0 Å².